The lowest BCUT2D eigenvalue weighted by Crippen LogP contribution is -2.32. The fourth-order valence-corrected chi connectivity index (χ4v) is 1.41. The Balaban J connectivity index is 2.89. The van der Waals surface area contributed by atoms with E-state index in [4.69, 9.17) is 10.5 Å². The van der Waals surface area contributed by atoms with E-state index in [2.05, 4.69) is 4.74 Å². The summed E-state index contributed by atoms with van der Waals surface area (Å²) in [6.07, 6.45) is 0. The number of carbonyl (C=O) groups excluding carboxylic acids is 2. The third kappa shape index (κ3) is 3.38. The molecule has 0 spiro atoms. The number of hydrogen-bond acceptors (Lipinski definition) is 5. The van der Waals surface area contributed by atoms with Gasteiger partial charge in [-0.05, 0) is 12.1 Å². The van der Waals surface area contributed by atoms with Crippen LogP contribution in [-0.4, -0.2) is 44.6 Å². The number of nitrogen functional groups attached to an aromatic ring is 1. The molecule has 1 aromatic rings. The molecule has 0 unspecified atom stereocenters. The molecule has 1 amide bonds. The van der Waals surface area contributed by atoms with Crippen molar-refractivity contribution in [2.24, 2.45) is 0 Å². The summed E-state index contributed by atoms with van der Waals surface area (Å²) in [7, 11) is 4.26. The second-order valence-corrected chi connectivity index (χ2v) is 3.73. The molecule has 0 aliphatic heterocycles. The van der Waals surface area contributed by atoms with Crippen molar-refractivity contribution in [3.8, 4) is 5.75 Å². The Labute approximate surface area is 105 Å². The maximum Gasteiger partial charge on any atom is 0.325 e. The predicted octanol–water partition coefficient (Wildman–Crippen LogP) is 0.522. The van der Waals surface area contributed by atoms with Crippen LogP contribution in [0.2, 0.25) is 0 Å². The van der Waals surface area contributed by atoms with Crippen LogP contribution in [0.5, 0.6) is 5.75 Å². The van der Waals surface area contributed by atoms with Crippen LogP contribution in [0.1, 0.15) is 10.4 Å². The summed E-state index contributed by atoms with van der Waals surface area (Å²) in [5, 5.41) is 0. The van der Waals surface area contributed by atoms with Crippen LogP contribution in [0, 0.1) is 0 Å². The highest BCUT2D eigenvalue weighted by Crippen LogP contribution is 2.19. The summed E-state index contributed by atoms with van der Waals surface area (Å²) < 4.78 is 9.52. The Morgan fingerprint density at radius 3 is 2.50 bits per heavy atom. The zero-order valence-corrected chi connectivity index (χ0v) is 10.6. The molecular weight excluding hydrogens is 236 g/mol. The standard InChI is InChI=1S/C12H16N2O4/c1-14(7-11(15)18-3)12(16)8-4-9(13)6-10(5-8)17-2/h4-6H,7,13H2,1-3H3. The highest BCUT2D eigenvalue weighted by Gasteiger charge is 2.16. The molecule has 6 heteroatoms. The molecule has 0 bridgehead atoms. The van der Waals surface area contributed by atoms with E-state index in [9.17, 15) is 9.59 Å². The molecule has 0 radical (unpaired) electrons. The number of rotatable bonds is 4. The van der Waals surface area contributed by atoms with Gasteiger partial charge in [0.1, 0.15) is 12.3 Å². The highest BCUT2D eigenvalue weighted by molar-refractivity contribution is 5.97. The number of likely N-dealkylation sites (N-methyl/N-ethyl adjacent to an activating group) is 1. The molecule has 0 heterocycles. The number of nitrogens with zero attached hydrogens (tertiary/aromatic N) is 1. The summed E-state index contributed by atoms with van der Waals surface area (Å²) in [4.78, 5) is 24.4. The van der Waals surface area contributed by atoms with Crippen molar-refractivity contribution in [3.63, 3.8) is 0 Å². The smallest absolute Gasteiger partial charge is 0.325 e. The predicted molar refractivity (Wildman–Crippen MR) is 66.4 cm³/mol. The van der Waals surface area contributed by atoms with Gasteiger partial charge in [-0.15, -0.1) is 0 Å². The Morgan fingerprint density at radius 1 is 1.28 bits per heavy atom. The SMILES string of the molecule is COC(=O)CN(C)C(=O)c1cc(N)cc(OC)c1. The first-order chi connectivity index (χ1) is 8.47. The van der Waals surface area contributed by atoms with Gasteiger partial charge in [-0.3, -0.25) is 9.59 Å². The molecule has 0 atom stereocenters. The van der Waals surface area contributed by atoms with Crippen molar-refractivity contribution in [3.05, 3.63) is 23.8 Å². The number of methoxy groups -OCH3 is 2. The summed E-state index contributed by atoms with van der Waals surface area (Å²) in [6, 6.07) is 4.70. The van der Waals surface area contributed by atoms with Gasteiger partial charge in [0.2, 0.25) is 0 Å². The normalized spacial score (nSPS) is 9.72. The van der Waals surface area contributed by atoms with Crippen LogP contribution >= 0.6 is 0 Å². The first-order valence-electron chi connectivity index (χ1n) is 5.24. The average Bonchev–Trinajstić information content (AvgIpc) is 2.36. The molecule has 0 fully saturated rings. The lowest BCUT2D eigenvalue weighted by Gasteiger charge is -2.16. The topological polar surface area (TPSA) is 81.9 Å². The van der Waals surface area contributed by atoms with E-state index in [1.165, 1.54) is 32.2 Å². The number of hydrogen-bond donors (Lipinski definition) is 1. The zero-order valence-electron chi connectivity index (χ0n) is 10.6. The number of carbonyl (C=O) groups is 2. The van der Waals surface area contributed by atoms with Crippen LogP contribution in [-0.2, 0) is 9.53 Å². The van der Waals surface area contributed by atoms with Gasteiger partial charge in [0.25, 0.3) is 5.91 Å². The summed E-state index contributed by atoms with van der Waals surface area (Å²) >= 11 is 0. The van der Waals surface area contributed by atoms with E-state index in [-0.39, 0.29) is 12.5 Å². The minimum atomic E-state index is -0.485. The van der Waals surface area contributed by atoms with Gasteiger partial charge in [0.15, 0.2) is 0 Å². The fraction of sp³-hybridized carbons (Fsp3) is 0.333. The molecule has 0 saturated carbocycles. The molecule has 2 N–H and O–H groups in total. The number of ether oxygens (including phenoxy) is 2. The Hall–Kier alpha value is -2.24. The number of benzene rings is 1. The molecular formula is C12H16N2O4. The van der Waals surface area contributed by atoms with Crippen LogP contribution in [0.15, 0.2) is 18.2 Å². The largest absolute Gasteiger partial charge is 0.497 e. The van der Waals surface area contributed by atoms with E-state index in [0.29, 0.717) is 17.0 Å². The molecule has 0 aromatic heterocycles. The van der Waals surface area contributed by atoms with Gasteiger partial charge in [0, 0.05) is 24.4 Å². The second kappa shape index (κ2) is 5.90. The van der Waals surface area contributed by atoms with Gasteiger partial charge in [-0.1, -0.05) is 0 Å². The molecule has 18 heavy (non-hydrogen) atoms. The zero-order chi connectivity index (χ0) is 13.7. The van der Waals surface area contributed by atoms with E-state index in [1.807, 2.05) is 0 Å². The summed E-state index contributed by atoms with van der Waals surface area (Å²) in [6.45, 7) is -0.119. The Morgan fingerprint density at radius 2 is 1.94 bits per heavy atom. The van der Waals surface area contributed by atoms with Crippen molar-refractivity contribution >= 4 is 17.6 Å². The minimum Gasteiger partial charge on any atom is -0.497 e. The lowest BCUT2D eigenvalue weighted by atomic mass is 10.1. The van der Waals surface area contributed by atoms with E-state index >= 15 is 0 Å². The maximum atomic E-state index is 12.0. The van der Waals surface area contributed by atoms with Crippen molar-refractivity contribution in [1.29, 1.82) is 0 Å². The van der Waals surface area contributed by atoms with Gasteiger partial charge in [0.05, 0.1) is 14.2 Å². The van der Waals surface area contributed by atoms with E-state index in [0.717, 1.165) is 0 Å². The van der Waals surface area contributed by atoms with E-state index < -0.39 is 5.97 Å². The van der Waals surface area contributed by atoms with Crippen molar-refractivity contribution in [2.75, 3.05) is 33.5 Å². The molecule has 0 aliphatic carbocycles. The first-order valence-corrected chi connectivity index (χ1v) is 5.24. The summed E-state index contributed by atoms with van der Waals surface area (Å²) in [5.41, 5.74) is 6.44. The first kappa shape index (κ1) is 13.8. The van der Waals surface area contributed by atoms with Crippen LogP contribution in [0.3, 0.4) is 0 Å². The molecule has 1 rings (SSSR count). The monoisotopic (exact) mass is 252 g/mol. The number of nitrogens with two attached hydrogens (primary N) is 1. The van der Waals surface area contributed by atoms with Crippen molar-refractivity contribution < 1.29 is 19.1 Å². The van der Waals surface area contributed by atoms with Crippen LogP contribution in [0.4, 0.5) is 5.69 Å². The van der Waals surface area contributed by atoms with Crippen LogP contribution in [0.25, 0.3) is 0 Å². The van der Waals surface area contributed by atoms with Gasteiger partial charge >= 0.3 is 5.97 Å². The van der Waals surface area contributed by atoms with Gasteiger partial charge in [-0.2, -0.15) is 0 Å². The maximum absolute atomic E-state index is 12.0. The number of amides is 1. The molecule has 98 valence electrons. The van der Waals surface area contributed by atoms with Gasteiger partial charge in [-0.25, -0.2) is 0 Å². The third-order valence-electron chi connectivity index (χ3n) is 2.35. The quantitative estimate of drug-likeness (QED) is 0.624. The highest BCUT2D eigenvalue weighted by atomic mass is 16.5. The molecule has 0 aliphatic rings. The summed E-state index contributed by atoms with van der Waals surface area (Å²) in [5.74, 6) is -0.322. The minimum absolute atomic E-state index is 0.119. The Bertz CT molecular complexity index is 459. The number of esters is 1. The molecule has 6 nitrogen and oxygen atoms in total. The molecule has 0 saturated heterocycles. The van der Waals surface area contributed by atoms with Gasteiger partial charge < -0.3 is 20.1 Å². The van der Waals surface area contributed by atoms with Crippen molar-refractivity contribution in [1.82, 2.24) is 4.90 Å². The number of anilines is 1. The second-order valence-electron chi connectivity index (χ2n) is 3.73. The molecule has 1 aromatic carbocycles. The Kier molecular flexibility index (Phi) is 4.53. The fourth-order valence-electron chi connectivity index (χ4n) is 1.41. The van der Waals surface area contributed by atoms with Crippen LogP contribution < -0.4 is 10.5 Å². The van der Waals surface area contributed by atoms with E-state index in [1.54, 1.807) is 12.1 Å². The lowest BCUT2D eigenvalue weighted by molar-refractivity contribution is -0.141. The third-order valence-corrected chi connectivity index (χ3v) is 2.35. The van der Waals surface area contributed by atoms with Crippen molar-refractivity contribution in [2.45, 2.75) is 0 Å². The average molecular weight is 252 g/mol.